The first kappa shape index (κ1) is 12.4. The van der Waals surface area contributed by atoms with Crippen molar-refractivity contribution in [2.24, 2.45) is 0 Å². The summed E-state index contributed by atoms with van der Waals surface area (Å²) in [7, 11) is 0. The third-order valence-corrected chi connectivity index (χ3v) is 2.80. The molecule has 2 aromatic heterocycles. The quantitative estimate of drug-likeness (QED) is 0.676. The van der Waals surface area contributed by atoms with Crippen LogP contribution in [0.1, 0.15) is 21.6 Å². The molecule has 0 aliphatic rings. The largest absolute Gasteiger partial charge is 0.364 e. The number of aryl methyl sites for hydroxylation is 1. The molecule has 1 N–H and O–H groups in total. The van der Waals surface area contributed by atoms with Gasteiger partial charge >= 0.3 is 0 Å². The Bertz CT molecular complexity index is 574. The van der Waals surface area contributed by atoms with Crippen LogP contribution in [-0.2, 0) is 6.54 Å². The van der Waals surface area contributed by atoms with E-state index in [4.69, 9.17) is 11.6 Å². The molecule has 6 heteroatoms. The first-order valence-corrected chi connectivity index (χ1v) is 5.70. The van der Waals surface area contributed by atoms with Gasteiger partial charge in [0, 0.05) is 6.20 Å². The van der Waals surface area contributed by atoms with Crippen LogP contribution in [-0.4, -0.2) is 21.2 Å². The minimum absolute atomic E-state index is 0.139. The van der Waals surface area contributed by atoms with Crippen LogP contribution in [0.4, 0.5) is 5.82 Å². The summed E-state index contributed by atoms with van der Waals surface area (Å²) in [6.07, 6.45) is 3.66. The van der Waals surface area contributed by atoms with Gasteiger partial charge in [0.15, 0.2) is 6.29 Å². The van der Waals surface area contributed by atoms with E-state index in [0.717, 1.165) is 11.3 Å². The predicted molar refractivity (Wildman–Crippen MR) is 68.7 cm³/mol. The molecule has 0 saturated carbocycles. The Balaban J connectivity index is 2.18. The number of hydrogen-bond acceptors (Lipinski definition) is 5. The van der Waals surface area contributed by atoms with E-state index in [2.05, 4.69) is 20.3 Å². The molecule has 0 saturated heterocycles. The smallest absolute Gasteiger partial charge is 0.156 e. The maximum atomic E-state index is 10.9. The Morgan fingerprint density at radius 2 is 2.22 bits per heavy atom. The summed E-state index contributed by atoms with van der Waals surface area (Å²) in [5, 5.41) is 3.17. The zero-order chi connectivity index (χ0) is 13.0. The molecule has 0 aliphatic heterocycles. The number of carbonyl (C=O) groups excluding carboxylic acids is 1. The topological polar surface area (TPSA) is 67.8 Å². The van der Waals surface area contributed by atoms with Crippen molar-refractivity contribution in [1.29, 1.82) is 0 Å². The minimum atomic E-state index is 0.139. The average Bonchev–Trinajstić information content (AvgIpc) is 2.38. The van der Waals surface area contributed by atoms with Crippen molar-refractivity contribution in [2.45, 2.75) is 13.5 Å². The summed E-state index contributed by atoms with van der Waals surface area (Å²) in [5.74, 6) is 0.412. The van der Waals surface area contributed by atoms with Gasteiger partial charge < -0.3 is 5.32 Å². The molecule has 0 bridgehead atoms. The first-order valence-electron chi connectivity index (χ1n) is 5.32. The van der Waals surface area contributed by atoms with E-state index in [-0.39, 0.29) is 10.7 Å². The van der Waals surface area contributed by atoms with Gasteiger partial charge in [-0.3, -0.25) is 9.78 Å². The molecule has 0 unspecified atom stereocenters. The highest BCUT2D eigenvalue weighted by atomic mass is 35.5. The predicted octanol–water partition coefficient (Wildman–Crippen LogP) is 2.26. The fourth-order valence-electron chi connectivity index (χ4n) is 1.49. The molecule has 0 spiro atoms. The van der Waals surface area contributed by atoms with Crippen molar-refractivity contribution in [3.63, 3.8) is 0 Å². The fourth-order valence-corrected chi connectivity index (χ4v) is 1.67. The number of nitrogens with one attached hydrogen (secondary N) is 1. The molecule has 92 valence electrons. The van der Waals surface area contributed by atoms with Crippen molar-refractivity contribution in [2.75, 3.05) is 5.32 Å². The number of halogens is 1. The molecule has 0 radical (unpaired) electrons. The number of aromatic nitrogens is 3. The zero-order valence-corrected chi connectivity index (χ0v) is 10.5. The molecule has 0 fully saturated rings. The van der Waals surface area contributed by atoms with Gasteiger partial charge in [-0.25, -0.2) is 9.97 Å². The van der Waals surface area contributed by atoms with Crippen molar-refractivity contribution in [1.82, 2.24) is 15.0 Å². The van der Waals surface area contributed by atoms with E-state index in [1.165, 1.54) is 6.33 Å². The van der Waals surface area contributed by atoms with Crippen LogP contribution < -0.4 is 5.32 Å². The Kier molecular flexibility index (Phi) is 3.84. The Labute approximate surface area is 109 Å². The fraction of sp³-hybridized carbons (Fsp3) is 0.167. The van der Waals surface area contributed by atoms with Crippen molar-refractivity contribution in [3.05, 3.63) is 46.6 Å². The lowest BCUT2D eigenvalue weighted by atomic mass is 10.2. The number of nitrogens with zero attached hydrogens (tertiary/aromatic N) is 3. The van der Waals surface area contributed by atoms with Crippen LogP contribution in [0.5, 0.6) is 0 Å². The first-order chi connectivity index (χ1) is 8.72. The molecular formula is C12H11ClN4O. The second-order valence-corrected chi connectivity index (χ2v) is 4.02. The highest BCUT2D eigenvalue weighted by Crippen LogP contribution is 2.18. The summed E-state index contributed by atoms with van der Waals surface area (Å²) in [6.45, 7) is 2.44. The molecule has 0 aromatic carbocycles. The van der Waals surface area contributed by atoms with Crippen LogP contribution >= 0.6 is 11.6 Å². The Morgan fingerprint density at radius 1 is 1.39 bits per heavy atom. The van der Waals surface area contributed by atoms with E-state index in [1.54, 1.807) is 6.20 Å². The van der Waals surface area contributed by atoms with Gasteiger partial charge in [0.2, 0.25) is 0 Å². The number of pyridine rings is 1. The third kappa shape index (κ3) is 2.62. The number of anilines is 1. The maximum absolute atomic E-state index is 10.9. The lowest BCUT2D eigenvalue weighted by molar-refractivity contribution is 0.112. The lowest BCUT2D eigenvalue weighted by Gasteiger charge is -2.09. The molecular weight excluding hydrogens is 252 g/mol. The molecule has 2 heterocycles. The Hall–Kier alpha value is -2.01. The highest BCUT2D eigenvalue weighted by molar-refractivity contribution is 6.32. The maximum Gasteiger partial charge on any atom is 0.156 e. The molecule has 0 aliphatic carbocycles. The second kappa shape index (κ2) is 5.55. The Morgan fingerprint density at radius 3 is 2.94 bits per heavy atom. The molecule has 2 aromatic rings. The monoisotopic (exact) mass is 262 g/mol. The van der Waals surface area contributed by atoms with Gasteiger partial charge in [0.25, 0.3) is 0 Å². The summed E-state index contributed by atoms with van der Waals surface area (Å²) < 4.78 is 0. The van der Waals surface area contributed by atoms with Gasteiger partial charge in [0.05, 0.1) is 17.8 Å². The molecule has 5 nitrogen and oxygen atoms in total. The van der Waals surface area contributed by atoms with Crippen molar-refractivity contribution < 1.29 is 4.79 Å². The van der Waals surface area contributed by atoms with Crippen molar-refractivity contribution in [3.8, 4) is 0 Å². The SMILES string of the molecule is Cc1cccnc1CNc1ncnc(Cl)c1C=O. The van der Waals surface area contributed by atoms with Crippen LogP contribution in [0.25, 0.3) is 0 Å². The van der Waals surface area contributed by atoms with Crippen LogP contribution in [0, 0.1) is 6.92 Å². The normalized spacial score (nSPS) is 10.1. The van der Waals surface area contributed by atoms with Crippen LogP contribution in [0.3, 0.4) is 0 Å². The van der Waals surface area contributed by atoms with E-state index in [0.29, 0.717) is 18.6 Å². The van der Waals surface area contributed by atoms with Crippen LogP contribution in [0.2, 0.25) is 5.15 Å². The summed E-state index contributed by atoms with van der Waals surface area (Å²) in [4.78, 5) is 22.9. The highest BCUT2D eigenvalue weighted by Gasteiger charge is 2.09. The number of carbonyl (C=O) groups is 1. The van der Waals surface area contributed by atoms with Crippen LogP contribution in [0.15, 0.2) is 24.7 Å². The van der Waals surface area contributed by atoms with E-state index in [1.807, 2.05) is 19.1 Å². The summed E-state index contributed by atoms with van der Waals surface area (Å²) in [6, 6.07) is 3.84. The summed E-state index contributed by atoms with van der Waals surface area (Å²) >= 11 is 5.80. The molecule has 18 heavy (non-hydrogen) atoms. The number of hydrogen-bond donors (Lipinski definition) is 1. The van der Waals surface area contributed by atoms with E-state index in [9.17, 15) is 4.79 Å². The van der Waals surface area contributed by atoms with Crippen molar-refractivity contribution >= 4 is 23.7 Å². The van der Waals surface area contributed by atoms with E-state index >= 15 is 0 Å². The van der Waals surface area contributed by atoms with Gasteiger partial charge in [-0.15, -0.1) is 0 Å². The zero-order valence-electron chi connectivity index (χ0n) is 9.72. The van der Waals surface area contributed by atoms with Gasteiger partial charge in [0.1, 0.15) is 17.3 Å². The number of rotatable bonds is 4. The van der Waals surface area contributed by atoms with E-state index < -0.39 is 0 Å². The molecule has 0 amide bonds. The average molecular weight is 263 g/mol. The second-order valence-electron chi connectivity index (χ2n) is 3.67. The number of aldehydes is 1. The lowest BCUT2D eigenvalue weighted by Crippen LogP contribution is -2.07. The molecule has 0 atom stereocenters. The minimum Gasteiger partial charge on any atom is -0.364 e. The van der Waals surface area contributed by atoms with Gasteiger partial charge in [-0.05, 0) is 18.6 Å². The molecule has 2 rings (SSSR count). The van der Waals surface area contributed by atoms with Gasteiger partial charge in [-0.1, -0.05) is 17.7 Å². The standard InChI is InChI=1S/C12H11ClN4O/c1-8-3-2-4-14-10(8)5-15-12-9(6-18)11(13)16-7-17-12/h2-4,6-7H,5H2,1H3,(H,15,16,17). The third-order valence-electron chi connectivity index (χ3n) is 2.49. The summed E-state index contributed by atoms with van der Waals surface area (Å²) in [5.41, 5.74) is 2.22. The van der Waals surface area contributed by atoms with Gasteiger partial charge in [-0.2, -0.15) is 0 Å².